The summed E-state index contributed by atoms with van der Waals surface area (Å²) in [5.74, 6) is -0.282. The van der Waals surface area contributed by atoms with Crippen molar-refractivity contribution in [3.8, 4) is 0 Å². The van der Waals surface area contributed by atoms with Gasteiger partial charge >= 0.3 is 0 Å². The first-order valence-corrected chi connectivity index (χ1v) is 7.59. The SMILES string of the molecule is CC(=O)c1cc(CC(=O)N[C@@H]2CCCCNC2=O)cs1. The number of rotatable bonds is 4. The molecular weight excluding hydrogens is 276 g/mol. The van der Waals surface area contributed by atoms with Crippen molar-refractivity contribution in [1.82, 2.24) is 10.6 Å². The van der Waals surface area contributed by atoms with Gasteiger partial charge in [0.05, 0.1) is 11.3 Å². The largest absolute Gasteiger partial charge is 0.354 e. The van der Waals surface area contributed by atoms with Crippen LogP contribution < -0.4 is 10.6 Å². The molecule has 2 heterocycles. The topological polar surface area (TPSA) is 75.3 Å². The Morgan fingerprint density at radius 1 is 1.45 bits per heavy atom. The molecule has 2 rings (SSSR count). The fourth-order valence-corrected chi connectivity index (χ4v) is 2.98. The van der Waals surface area contributed by atoms with Gasteiger partial charge in [0, 0.05) is 6.54 Å². The number of carbonyl (C=O) groups is 3. The van der Waals surface area contributed by atoms with E-state index in [4.69, 9.17) is 0 Å². The highest BCUT2D eigenvalue weighted by Gasteiger charge is 2.22. The maximum Gasteiger partial charge on any atom is 0.242 e. The van der Waals surface area contributed by atoms with Crippen LogP contribution in [0.1, 0.15) is 41.4 Å². The van der Waals surface area contributed by atoms with Crippen molar-refractivity contribution < 1.29 is 14.4 Å². The van der Waals surface area contributed by atoms with Gasteiger partial charge in [-0.05, 0) is 43.2 Å². The van der Waals surface area contributed by atoms with E-state index in [1.807, 2.05) is 5.38 Å². The molecule has 0 radical (unpaired) electrons. The third-order valence-electron chi connectivity index (χ3n) is 3.24. The summed E-state index contributed by atoms with van der Waals surface area (Å²) in [5, 5.41) is 7.36. The van der Waals surface area contributed by atoms with Crippen molar-refractivity contribution >= 4 is 28.9 Å². The van der Waals surface area contributed by atoms with E-state index in [-0.39, 0.29) is 24.0 Å². The van der Waals surface area contributed by atoms with E-state index >= 15 is 0 Å². The van der Waals surface area contributed by atoms with Crippen LogP contribution in [0.15, 0.2) is 11.4 Å². The maximum absolute atomic E-state index is 11.9. The molecule has 0 bridgehead atoms. The van der Waals surface area contributed by atoms with E-state index in [1.54, 1.807) is 6.07 Å². The Labute approximate surface area is 121 Å². The number of nitrogens with one attached hydrogen (secondary N) is 2. The molecule has 0 spiro atoms. The van der Waals surface area contributed by atoms with Gasteiger partial charge in [-0.25, -0.2) is 0 Å². The molecule has 5 nitrogen and oxygen atoms in total. The van der Waals surface area contributed by atoms with E-state index in [2.05, 4.69) is 10.6 Å². The minimum absolute atomic E-state index is 0.00445. The van der Waals surface area contributed by atoms with Gasteiger partial charge in [0.1, 0.15) is 6.04 Å². The minimum atomic E-state index is -0.434. The lowest BCUT2D eigenvalue weighted by atomic mass is 10.1. The van der Waals surface area contributed by atoms with E-state index in [0.717, 1.165) is 18.4 Å². The van der Waals surface area contributed by atoms with Crippen molar-refractivity contribution in [3.63, 3.8) is 0 Å². The number of Topliss-reactive ketones (excluding diaryl/α,β-unsaturated/α-hetero) is 1. The fraction of sp³-hybridized carbons (Fsp3) is 0.500. The fourth-order valence-electron chi connectivity index (χ4n) is 2.16. The van der Waals surface area contributed by atoms with Crippen LogP contribution in [-0.4, -0.2) is 30.2 Å². The second-order valence-electron chi connectivity index (χ2n) is 4.96. The Balaban J connectivity index is 1.90. The van der Waals surface area contributed by atoms with Crippen molar-refractivity contribution in [1.29, 1.82) is 0 Å². The number of carbonyl (C=O) groups excluding carboxylic acids is 3. The molecule has 1 aliphatic heterocycles. The smallest absolute Gasteiger partial charge is 0.242 e. The molecule has 1 atom stereocenters. The molecular formula is C14H18N2O3S. The summed E-state index contributed by atoms with van der Waals surface area (Å²) in [6, 6.07) is 1.30. The highest BCUT2D eigenvalue weighted by atomic mass is 32.1. The Morgan fingerprint density at radius 2 is 2.25 bits per heavy atom. The number of thiophene rings is 1. The molecule has 0 aliphatic carbocycles. The van der Waals surface area contributed by atoms with Gasteiger partial charge in [-0.2, -0.15) is 0 Å². The first kappa shape index (κ1) is 14.7. The molecule has 0 aromatic carbocycles. The number of ketones is 1. The van der Waals surface area contributed by atoms with E-state index in [9.17, 15) is 14.4 Å². The minimum Gasteiger partial charge on any atom is -0.354 e. The van der Waals surface area contributed by atoms with Crippen molar-refractivity contribution in [2.24, 2.45) is 0 Å². The van der Waals surface area contributed by atoms with Crippen LogP contribution in [0.3, 0.4) is 0 Å². The summed E-state index contributed by atoms with van der Waals surface area (Å²) in [5.41, 5.74) is 0.812. The Kier molecular flexibility index (Phi) is 4.89. The summed E-state index contributed by atoms with van der Waals surface area (Å²) < 4.78 is 0. The van der Waals surface area contributed by atoms with Crippen LogP contribution in [0.2, 0.25) is 0 Å². The molecule has 1 fully saturated rings. The second-order valence-corrected chi connectivity index (χ2v) is 5.87. The van der Waals surface area contributed by atoms with Gasteiger partial charge in [0.25, 0.3) is 0 Å². The van der Waals surface area contributed by atoms with E-state index in [0.29, 0.717) is 17.8 Å². The third kappa shape index (κ3) is 3.90. The third-order valence-corrected chi connectivity index (χ3v) is 4.32. The zero-order valence-corrected chi connectivity index (χ0v) is 12.2. The van der Waals surface area contributed by atoms with Crippen LogP contribution in [0.5, 0.6) is 0 Å². The Bertz CT molecular complexity index is 524. The summed E-state index contributed by atoms with van der Waals surface area (Å²) in [7, 11) is 0. The molecule has 1 aliphatic rings. The number of hydrogen-bond donors (Lipinski definition) is 2. The number of amides is 2. The first-order valence-electron chi connectivity index (χ1n) is 6.71. The molecule has 0 saturated carbocycles. The Hall–Kier alpha value is -1.69. The normalized spacial score (nSPS) is 19.1. The van der Waals surface area contributed by atoms with Crippen LogP contribution in [-0.2, 0) is 16.0 Å². The van der Waals surface area contributed by atoms with Gasteiger partial charge in [-0.1, -0.05) is 0 Å². The molecule has 20 heavy (non-hydrogen) atoms. The van der Waals surface area contributed by atoms with E-state index in [1.165, 1.54) is 18.3 Å². The standard InChI is InChI=1S/C14H18N2O3S/c1-9(17)12-6-10(8-20-12)7-13(18)16-11-4-2-3-5-15-14(11)19/h6,8,11H,2-5,7H2,1H3,(H,15,19)(H,16,18)/t11-/m1/s1. The molecule has 2 amide bonds. The lowest BCUT2D eigenvalue weighted by Crippen LogP contribution is -2.45. The van der Waals surface area contributed by atoms with Gasteiger partial charge in [-0.15, -0.1) is 11.3 Å². The second kappa shape index (κ2) is 6.65. The quantitative estimate of drug-likeness (QED) is 0.821. The van der Waals surface area contributed by atoms with Crippen LogP contribution in [0, 0.1) is 0 Å². The summed E-state index contributed by atoms with van der Waals surface area (Å²) in [4.78, 5) is 35.5. The summed E-state index contributed by atoms with van der Waals surface area (Å²) in [6.07, 6.45) is 2.76. The average molecular weight is 294 g/mol. The summed E-state index contributed by atoms with van der Waals surface area (Å²) in [6.45, 7) is 2.18. The van der Waals surface area contributed by atoms with Crippen molar-refractivity contribution in [2.45, 2.75) is 38.6 Å². The van der Waals surface area contributed by atoms with Crippen LogP contribution in [0.25, 0.3) is 0 Å². The monoisotopic (exact) mass is 294 g/mol. The number of hydrogen-bond acceptors (Lipinski definition) is 4. The van der Waals surface area contributed by atoms with Crippen LogP contribution in [0.4, 0.5) is 0 Å². The lowest BCUT2D eigenvalue weighted by Gasteiger charge is -2.14. The van der Waals surface area contributed by atoms with Crippen molar-refractivity contribution in [3.05, 3.63) is 21.9 Å². The van der Waals surface area contributed by atoms with Gasteiger partial charge in [0.15, 0.2) is 5.78 Å². The molecule has 1 saturated heterocycles. The predicted molar refractivity (Wildman–Crippen MR) is 76.8 cm³/mol. The van der Waals surface area contributed by atoms with Crippen molar-refractivity contribution in [2.75, 3.05) is 6.54 Å². The highest BCUT2D eigenvalue weighted by molar-refractivity contribution is 7.12. The van der Waals surface area contributed by atoms with Crippen LogP contribution >= 0.6 is 11.3 Å². The van der Waals surface area contributed by atoms with Gasteiger partial charge in [-0.3, -0.25) is 14.4 Å². The zero-order chi connectivity index (χ0) is 14.5. The molecule has 1 aromatic rings. The molecule has 6 heteroatoms. The van der Waals surface area contributed by atoms with Gasteiger partial charge in [0.2, 0.25) is 11.8 Å². The molecule has 1 aromatic heterocycles. The molecule has 0 unspecified atom stereocenters. The average Bonchev–Trinajstić information content (AvgIpc) is 2.76. The van der Waals surface area contributed by atoms with Gasteiger partial charge < -0.3 is 10.6 Å². The lowest BCUT2D eigenvalue weighted by molar-refractivity contribution is -0.128. The predicted octanol–water partition coefficient (Wildman–Crippen LogP) is 1.28. The zero-order valence-electron chi connectivity index (χ0n) is 11.4. The Morgan fingerprint density at radius 3 is 2.95 bits per heavy atom. The molecule has 108 valence electrons. The molecule has 2 N–H and O–H groups in total. The maximum atomic E-state index is 11.9. The van der Waals surface area contributed by atoms with E-state index < -0.39 is 6.04 Å². The summed E-state index contributed by atoms with van der Waals surface area (Å²) >= 11 is 1.34. The first-order chi connectivity index (χ1) is 9.56. The highest BCUT2D eigenvalue weighted by Crippen LogP contribution is 2.16.